The monoisotopic (exact) mass is 214 g/mol. The third kappa shape index (κ3) is 1.29. The Morgan fingerprint density at radius 3 is 2.81 bits per heavy atom. The Kier molecular flexibility index (Phi) is 1.96. The lowest BCUT2D eigenvalue weighted by molar-refractivity contribution is 0.743. The topological polar surface area (TPSA) is 59.8 Å². The minimum atomic E-state index is -0.0822. The van der Waals surface area contributed by atoms with Gasteiger partial charge in [0.15, 0.2) is 5.69 Å². The van der Waals surface area contributed by atoms with Crippen LogP contribution in [0.2, 0.25) is 0 Å². The molecule has 2 heterocycles. The summed E-state index contributed by atoms with van der Waals surface area (Å²) < 4.78 is 1.62. The van der Waals surface area contributed by atoms with E-state index in [4.69, 9.17) is 0 Å². The van der Waals surface area contributed by atoms with Gasteiger partial charge in [0.25, 0.3) is 5.56 Å². The molecular formula is C11H10N4O. The van der Waals surface area contributed by atoms with Gasteiger partial charge in [-0.3, -0.25) is 9.36 Å². The Labute approximate surface area is 91.8 Å². The van der Waals surface area contributed by atoms with E-state index in [-0.39, 0.29) is 5.56 Å². The predicted octanol–water partition coefficient (Wildman–Crippen LogP) is 0.731. The second kappa shape index (κ2) is 3.44. The average molecular weight is 214 g/mol. The Hall–Kier alpha value is -2.17. The summed E-state index contributed by atoms with van der Waals surface area (Å²) >= 11 is 0. The first-order valence-corrected chi connectivity index (χ1v) is 5.13. The summed E-state index contributed by atoms with van der Waals surface area (Å²) in [4.78, 5) is 12.1. The molecule has 5 nitrogen and oxygen atoms in total. The van der Waals surface area contributed by atoms with Gasteiger partial charge >= 0.3 is 0 Å². The summed E-state index contributed by atoms with van der Waals surface area (Å²) in [5.41, 5.74) is 1.14. The molecule has 1 aromatic heterocycles. The van der Waals surface area contributed by atoms with Crippen molar-refractivity contribution < 1.29 is 0 Å². The predicted molar refractivity (Wildman–Crippen MR) is 60.2 cm³/mol. The quantitative estimate of drug-likeness (QED) is 0.760. The fourth-order valence-corrected chi connectivity index (χ4v) is 1.81. The minimum absolute atomic E-state index is 0.0822. The van der Waals surface area contributed by atoms with E-state index in [0.717, 1.165) is 12.1 Å². The molecule has 0 saturated carbocycles. The molecule has 16 heavy (non-hydrogen) atoms. The van der Waals surface area contributed by atoms with Crippen molar-refractivity contribution in [1.82, 2.24) is 14.8 Å². The molecule has 0 unspecified atom stereocenters. The van der Waals surface area contributed by atoms with Crippen LogP contribution in [0.4, 0.5) is 5.95 Å². The molecule has 0 radical (unpaired) electrons. The standard InChI is InChI=1S/C11H10N4O/c16-10-9(8-4-2-1-3-5-8)13-14-11-12-6-7-15(10)11/h1-5H,6-7H2,(H,12,14). The van der Waals surface area contributed by atoms with Crippen LogP contribution in [0.3, 0.4) is 0 Å². The van der Waals surface area contributed by atoms with Gasteiger partial charge in [0.05, 0.1) is 0 Å². The van der Waals surface area contributed by atoms with Crippen LogP contribution in [-0.4, -0.2) is 21.3 Å². The molecule has 0 aliphatic carbocycles. The number of nitrogens with one attached hydrogen (secondary N) is 1. The van der Waals surface area contributed by atoms with Crippen molar-refractivity contribution in [2.24, 2.45) is 0 Å². The molecule has 0 saturated heterocycles. The molecule has 80 valence electrons. The lowest BCUT2D eigenvalue weighted by atomic mass is 10.2. The highest BCUT2D eigenvalue weighted by molar-refractivity contribution is 5.57. The highest BCUT2D eigenvalue weighted by Gasteiger charge is 2.16. The van der Waals surface area contributed by atoms with Crippen molar-refractivity contribution >= 4 is 5.95 Å². The zero-order chi connectivity index (χ0) is 11.0. The molecule has 1 N–H and O–H groups in total. The lowest BCUT2D eigenvalue weighted by Gasteiger charge is -2.03. The fourth-order valence-electron chi connectivity index (χ4n) is 1.81. The largest absolute Gasteiger partial charge is 0.352 e. The van der Waals surface area contributed by atoms with Gasteiger partial charge in [0.2, 0.25) is 5.95 Å². The van der Waals surface area contributed by atoms with Crippen LogP contribution >= 0.6 is 0 Å². The zero-order valence-corrected chi connectivity index (χ0v) is 8.55. The fraction of sp³-hybridized carbons (Fsp3) is 0.182. The Bertz CT molecular complexity index is 576. The van der Waals surface area contributed by atoms with Gasteiger partial charge in [-0.2, -0.15) is 0 Å². The lowest BCUT2D eigenvalue weighted by Crippen LogP contribution is -2.22. The molecule has 3 rings (SSSR count). The van der Waals surface area contributed by atoms with Crippen LogP contribution in [0.15, 0.2) is 35.1 Å². The molecule has 1 aliphatic rings. The molecule has 0 fully saturated rings. The zero-order valence-electron chi connectivity index (χ0n) is 8.55. The van der Waals surface area contributed by atoms with Crippen molar-refractivity contribution in [3.8, 4) is 11.3 Å². The van der Waals surface area contributed by atoms with Crippen molar-refractivity contribution in [2.75, 3.05) is 11.9 Å². The maximum absolute atomic E-state index is 12.1. The highest BCUT2D eigenvalue weighted by atomic mass is 16.1. The number of benzene rings is 1. The summed E-state index contributed by atoms with van der Waals surface area (Å²) in [6.07, 6.45) is 0. The first kappa shape index (κ1) is 9.08. The number of hydrogen-bond donors (Lipinski definition) is 1. The summed E-state index contributed by atoms with van der Waals surface area (Å²) in [6.45, 7) is 1.39. The van der Waals surface area contributed by atoms with E-state index in [1.165, 1.54) is 0 Å². The molecule has 0 amide bonds. The Morgan fingerprint density at radius 2 is 2.00 bits per heavy atom. The first-order chi connectivity index (χ1) is 7.86. The van der Waals surface area contributed by atoms with Gasteiger partial charge < -0.3 is 5.32 Å². The maximum atomic E-state index is 12.1. The summed E-state index contributed by atoms with van der Waals surface area (Å²) in [5.74, 6) is 0.560. The second-order valence-electron chi connectivity index (χ2n) is 3.62. The molecular weight excluding hydrogens is 204 g/mol. The number of rotatable bonds is 1. The van der Waals surface area contributed by atoms with Crippen LogP contribution in [0.5, 0.6) is 0 Å². The summed E-state index contributed by atoms with van der Waals surface area (Å²) in [6, 6.07) is 9.39. The van der Waals surface area contributed by atoms with E-state index in [0.29, 0.717) is 18.2 Å². The van der Waals surface area contributed by atoms with Gasteiger partial charge in [0, 0.05) is 18.7 Å². The van der Waals surface area contributed by atoms with Crippen LogP contribution in [-0.2, 0) is 6.54 Å². The SMILES string of the molecule is O=c1c(-c2ccccc2)nnc2n1CCN2. The van der Waals surface area contributed by atoms with Crippen molar-refractivity contribution in [3.05, 3.63) is 40.7 Å². The molecule has 0 bridgehead atoms. The molecule has 1 aliphatic heterocycles. The first-order valence-electron chi connectivity index (χ1n) is 5.13. The summed E-state index contributed by atoms with van der Waals surface area (Å²) in [5, 5.41) is 11.0. The van der Waals surface area contributed by atoms with E-state index in [2.05, 4.69) is 15.5 Å². The minimum Gasteiger partial charge on any atom is -0.352 e. The number of aromatic nitrogens is 3. The van der Waals surface area contributed by atoms with E-state index in [9.17, 15) is 4.79 Å². The molecule has 0 atom stereocenters. The number of nitrogens with zero attached hydrogens (tertiary/aromatic N) is 3. The Morgan fingerprint density at radius 1 is 1.19 bits per heavy atom. The van der Waals surface area contributed by atoms with Crippen LogP contribution in [0, 0.1) is 0 Å². The average Bonchev–Trinajstić information content (AvgIpc) is 2.80. The maximum Gasteiger partial charge on any atom is 0.281 e. The number of hydrogen-bond acceptors (Lipinski definition) is 4. The third-order valence-electron chi connectivity index (χ3n) is 2.61. The molecule has 0 spiro atoms. The Balaban J connectivity index is 2.21. The van der Waals surface area contributed by atoms with Gasteiger partial charge in [0.1, 0.15) is 0 Å². The molecule has 1 aromatic carbocycles. The normalized spacial score (nSPS) is 13.2. The number of fused-ring (bicyclic) bond motifs is 1. The van der Waals surface area contributed by atoms with E-state index in [1.54, 1.807) is 4.57 Å². The number of anilines is 1. The van der Waals surface area contributed by atoms with Crippen LogP contribution in [0.25, 0.3) is 11.3 Å². The molecule has 5 heteroatoms. The second-order valence-corrected chi connectivity index (χ2v) is 3.62. The van der Waals surface area contributed by atoms with Crippen molar-refractivity contribution in [3.63, 3.8) is 0 Å². The summed E-state index contributed by atoms with van der Waals surface area (Å²) in [7, 11) is 0. The smallest absolute Gasteiger partial charge is 0.281 e. The van der Waals surface area contributed by atoms with E-state index >= 15 is 0 Å². The van der Waals surface area contributed by atoms with E-state index < -0.39 is 0 Å². The van der Waals surface area contributed by atoms with Crippen LogP contribution in [0.1, 0.15) is 0 Å². The van der Waals surface area contributed by atoms with Gasteiger partial charge in [-0.1, -0.05) is 30.3 Å². The van der Waals surface area contributed by atoms with Crippen molar-refractivity contribution in [2.45, 2.75) is 6.54 Å². The van der Waals surface area contributed by atoms with Crippen LogP contribution < -0.4 is 10.9 Å². The van der Waals surface area contributed by atoms with Crippen molar-refractivity contribution in [1.29, 1.82) is 0 Å². The van der Waals surface area contributed by atoms with Gasteiger partial charge in [-0.25, -0.2) is 0 Å². The van der Waals surface area contributed by atoms with Gasteiger partial charge in [-0.15, -0.1) is 10.2 Å². The van der Waals surface area contributed by atoms with Gasteiger partial charge in [-0.05, 0) is 0 Å². The highest BCUT2D eigenvalue weighted by Crippen LogP contribution is 2.13. The van der Waals surface area contributed by atoms with E-state index in [1.807, 2.05) is 30.3 Å². The molecule has 2 aromatic rings. The third-order valence-corrected chi connectivity index (χ3v) is 2.61.